The van der Waals surface area contributed by atoms with Crippen LogP contribution in [0, 0.1) is 11.3 Å². The van der Waals surface area contributed by atoms with E-state index in [0.717, 1.165) is 11.3 Å². The number of rotatable bonds is 2. The van der Waals surface area contributed by atoms with Gasteiger partial charge in [-0.15, -0.1) is 5.10 Å². The Hall–Kier alpha value is -2.04. The smallest absolute Gasteiger partial charge is 0.244 e. The molecule has 0 aliphatic carbocycles. The van der Waals surface area contributed by atoms with E-state index in [1.807, 2.05) is 6.92 Å². The largest absolute Gasteiger partial charge is 0.420 e. The van der Waals surface area contributed by atoms with Gasteiger partial charge in [-0.1, -0.05) is 0 Å². The van der Waals surface area contributed by atoms with E-state index in [1.54, 1.807) is 7.11 Å². The second kappa shape index (κ2) is 4.51. The summed E-state index contributed by atoms with van der Waals surface area (Å²) >= 11 is 0. The van der Waals surface area contributed by atoms with Crippen LogP contribution in [0.25, 0.3) is 0 Å². The van der Waals surface area contributed by atoms with Crippen molar-refractivity contribution in [1.29, 1.82) is 5.26 Å². The van der Waals surface area contributed by atoms with E-state index >= 15 is 0 Å². The first kappa shape index (κ1) is 13.0. The Balaban J connectivity index is 2.24. The summed E-state index contributed by atoms with van der Waals surface area (Å²) in [5.74, 6) is 0.513. The number of hydrogen-bond donors (Lipinski definition) is 2. The average molecular weight is 276 g/mol. The van der Waals surface area contributed by atoms with Crippen LogP contribution in [-0.4, -0.2) is 30.0 Å². The number of fused-ring (bicyclic) bond motifs is 2. The molecule has 7 heteroatoms. The molecular formula is C13H16N4O3. The summed E-state index contributed by atoms with van der Waals surface area (Å²) in [4.78, 5) is 0. The first-order chi connectivity index (χ1) is 9.65. The van der Waals surface area contributed by atoms with Crippen LogP contribution >= 0.6 is 0 Å². The standard InChI is InChI=1S/C13H16N4O3/c1-7-13(3-4-19-7)8(5-14)11(15)20-12-10(13)9(6-18-2)16-17-12/h7H,3-4,6,15H2,1-2H3,(H,16,17)/t7-,13-/m1/s1. The minimum absolute atomic E-state index is 0.104. The lowest BCUT2D eigenvalue weighted by Crippen LogP contribution is -2.41. The molecule has 106 valence electrons. The van der Waals surface area contributed by atoms with Crippen molar-refractivity contribution >= 4 is 0 Å². The van der Waals surface area contributed by atoms with Crippen LogP contribution in [0.1, 0.15) is 24.6 Å². The number of nitrogens with zero attached hydrogens (tertiary/aromatic N) is 2. The maximum absolute atomic E-state index is 9.50. The van der Waals surface area contributed by atoms with Crippen LogP contribution in [0.3, 0.4) is 0 Å². The first-order valence-electron chi connectivity index (χ1n) is 6.41. The maximum Gasteiger partial charge on any atom is 0.244 e. The molecular weight excluding hydrogens is 260 g/mol. The predicted molar refractivity (Wildman–Crippen MR) is 68.5 cm³/mol. The quantitative estimate of drug-likeness (QED) is 0.823. The van der Waals surface area contributed by atoms with Crippen molar-refractivity contribution in [2.75, 3.05) is 13.7 Å². The van der Waals surface area contributed by atoms with Gasteiger partial charge in [0.2, 0.25) is 11.8 Å². The second-order valence-electron chi connectivity index (χ2n) is 5.00. The van der Waals surface area contributed by atoms with Crippen molar-refractivity contribution in [1.82, 2.24) is 10.2 Å². The van der Waals surface area contributed by atoms with Crippen LogP contribution in [0.4, 0.5) is 0 Å². The highest BCUT2D eigenvalue weighted by Gasteiger charge is 2.54. The average Bonchev–Trinajstić information content (AvgIpc) is 2.97. The number of nitrogens with two attached hydrogens (primary N) is 1. The minimum atomic E-state index is -0.604. The van der Waals surface area contributed by atoms with Gasteiger partial charge in [-0.05, 0) is 13.3 Å². The van der Waals surface area contributed by atoms with E-state index in [4.69, 9.17) is 19.9 Å². The molecule has 20 heavy (non-hydrogen) atoms. The summed E-state index contributed by atoms with van der Waals surface area (Å²) in [5, 5.41) is 16.6. The SMILES string of the molecule is COCc1[nH]nc2c1[C@@]1(CCO[C@@H]1C)C(C#N)=C(N)O2. The molecule has 2 aliphatic rings. The molecule has 0 radical (unpaired) electrons. The molecule has 1 spiro atoms. The zero-order chi connectivity index (χ0) is 14.3. The summed E-state index contributed by atoms with van der Waals surface area (Å²) in [6, 6.07) is 2.18. The predicted octanol–water partition coefficient (Wildman–Crippen LogP) is 0.689. The van der Waals surface area contributed by atoms with Gasteiger partial charge in [0.05, 0.1) is 29.4 Å². The summed E-state index contributed by atoms with van der Waals surface area (Å²) < 4.78 is 16.4. The van der Waals surface area contributed by atoms with E-state index in [-0.39, 0.29) is 12.0 Å². The second-order valence-corrected chi connectivity index (χ2v) is 5.00. The maximum atomic E-state index is 9.50. The molecule has 1 saturated heterocycles. The zero-order valence-electron chi connectivity index (χ0n) is 11.4. The Kier molecular flexibility index (Phi) is 2.92. The van der Waals surface area contributed by atoms with Gasteiger partial charge in [-0.2, -0.15) is 5.26 Å². The third kappa shape index (κ3) is 1.49. The van der Waals surface area contributed by atoms with Crippen LogP contribution in [-0.2, 0) is 21.5 Å². The number of nitriles is 1. The molecule has 7 nitrogen and oxygen atoms in total. The topological polar surface area (TPSA) is 106 Å². The van der Waals surface area contributed by atoms with Crippen LogP contribution in [0.5, 0.6) is 5.88 Å². The lowest BCUT2D eigenvalue weighted by molar-refractivity contribution is 0.0987. The van der Waals surface area contributed by atoms with Gasteiger partial charge in [0.25, 0.3) is 0 Å². The number of aromatic nitrogens is 2. The van der Waals surface area contributed by atoms with Crippen LogP contribution in [0.15, 0.2) is 11.5 Å². The van der Waals surface area contributed by atoms with Gasteiger partial charge in [0, 0.05) is 13.7 Å². The van der Waals surface area contributed by atoms with E-state index in [9.17, 15) is 5.26 Å². The van der Waals surface area contributed by atoms with Gasteiger partial charge >= 0.3 is 0 Å². The van der Waals surface area contributed by atoms with Crippen molar-refractivity contribution in [3.05, 3.63) is 22.7 Å². The molecule has 0 amide bonds. The number of aromatic amines is 1. The Morgan fingerprint density at radius 2 is 2.45 bits per heavy atom. The summed E-state index contributed by atoms with van der Waals surface area (Å²) in [7, 11) is 1.60. The third-order valence-corrected chi connectivity index (χ3v) is 4.11. The van der Waals surface area contributed by atoms with Gasteiger partial charge < -0.3 is 19.9 Å². The van der Waals surface area contributed by atoms with Gasteiger partial charge in [-0.25, -0.2) is 0 Å². The molecule has 2 aliphatic heterocycles. The van der Waals surface area contributed by atoms with Crippen molar-refractivity contribution in [2.45, 2.75) is 31.5 Å². The zero-order valence-corrected chi connectivity index (χ0v) is 11.4. The number of methoxy groups -OCH3 is 1. The van der Waals surface area contributed by atoms with Crippen molar-refractivity contribution in [3.8, 4) is 11.9 Å². The molecule has 0 unspecified atom stereocenters. The van der Waals surface area contributed by atoms with Crippen molar-refractivity contribution in [3.63, 3.8) is 0 Å². The number of nitrogens with one attached hydrogen (secondary N) is 1. The fourth-order valence-corrected chi connectivity index (χ4v) is 3.20. The Morgan fingerprint density at radius 3 is 3.05 bits per heavy atom. The Morgan fingerprint density at radius 1 is 1.65 bits per heavy atom. The lowest BCUT2D eigenvalue weighted by Gasteiger charge is -2.35. The molecule has 0 bridgehead atoms. The molecule has 2 atom stereocenters. The summed E-state index contributed by atoms with van der Waals surface area (Å²) in [6.45, 7) is 2.87. The Labute approximate surface area is 116 Å². The molecule has 3 heterocycles. The molecule has 0 saturated carbocycles. The molecule has 0 aromatic carbocycles. The number of ether oxygens (including phenoxy) is 3. The highest BCUT2D eigenvalue weighted by molar-refractivity contribution is 5.55. The van der Waals surface area contributed by atoms with Crippen LogP contribution < -0.4 is 10.5 Å². The molecule has 1 aromatic heterocycles. The van der Waals surface area contributed by atoms with E-state index in [1.165, 1.54) is 0 Å². The fourth-order valence-electron chi connectivity index (χ4n) is 3.20. The molecule has 3 rings (SSSR count). The highest BCUT2D eigenvalue weighted by atomic mass is 16.5. The number of hydrogen-bond acceptors (Lipinski definition) is 6. The monoisotopic (exact) mass is 276 g/mol. The number of H-pyrrole nitrogens is 1. The molecule has 1 aromatic rings. The van der Waals surface area contributed by atoms with E-state index < -0.39 is 5.41 Å². The minimum Gasteiger partial charge on any atom is -0.420 e. The molecule has 3 N–H and O–H groups in total. The van der Waals surface area contributed by atoms with Crippen molar-refractivity contribution in [2.24, 2.45) is 5.73 Å². The molecule has 1 fully saturated rings. The highest BCUT2D eigenvalue weighted by Crippen LogP contribution is 2.51. The normalized spacial score (nSPS) is 28.4. The fraction of sp³-hybridized carbons (Fsp3) is 0.538. The lowest BCUT2D eigenvalue weighted by atomic mass is 9.69. The van der Waals surface area contributed by atoms with Gasteiger partial charge in [-0.3, -0.25) is 5.10 Å². The van der Waals surface area contributed by atoms with E-state index in [2.05, 4.69) is 16.3 Å². The third-order valence-electron chi connectivity index (χ3n) is 4.11. The summed E-state index contributed by atoms with van der Waals surface area (Å²) in [5.41, 5.74) is 7.33. The van der Waals surface area contributed by atoms with Crippen molar-refractivity contribution < 1.29 is 14.2 Å². The van der Waals surface area contributed by atoms with Crippen LogP contribution in [0.2, 0.25) is 0 Å². The van der Waals surface area contributed by atoms with Gasteiger partial charge in [0.1, 0.15) is 11.6 Å². The van der Waals surface area contributed by atoms with E-state index in [0.29, 0.717) is 31.1 Å². The summed E-state index contributed by atoms with van der Waals surface area (Å²) in [6.07, 6.45) is 0.497. The first-order valence-corrected chi connectivity index (χ1v) is 6.41. The van der Waals surface area contributed by atoms with Gasteiger partial charge in [0.15, 0.2) is 0 Å². The Bertz CT molecular complexity index is 616.